The van der Waals surface area contributed by atoms with E-state index in [0.717, 1.165) is 16.4 Å². The number of carbonyl (C=O) groups excluding carboxylic acids is 1. The Morgan fingerprint density at radius 2 is 2.12 bits per heavy atom. The molecule has 0 radical (unpaired) electrons. The van der Waals surface area contributed by atoms with Gasteiger partial charge in [0.15, 0.2) is 0 Å². The first kappa shape index (κ1) is 20.3. The predicted molar refractivity (Wildman–Crippen MR) is 88.1 cm³/mol. The Hall–Kier alpha value is -0.970. The minimum absolute atomic E-state index is 0.000455. The highest BCUT2D eigenvalue weighted by Crippen LogP contribution is 2.37. The average molecular weight is 418 g/mol. The van der Waals surface area contributed by atoms with Crippen LogP contribution in [0.1, 0.15) is 12.5 Å². The predicted octanol–water partition coefficient (Wildman–Crippen LogP) is 3.03. The minimum atomic E-state index is -4.79. The molecule has 1 atom stereocenters. The van der Waals surface area contributed by atoms with Gasteiger partial charge in [-0.3, -0.25) is 4.79 Å². The third-order valence-corrected chi connectivity index (χ3v) is 6.74. The highest BCUT2D eigenvalue weighted by Gasteiger charge is 2.40. The Kier molecular flexibility index (Phi) is 6.29. The van der Waals surface area contributed by atoms with E-state index in [-0.39, 0.29) is 18.9 Å². The molecule has 0 N–H and O–H groups in total. The van der Waals surface area contributed by atoms with E-state index in [1.54, 1.807) is 6.92 Å². The van der Waals surface area contributed by atoms with Crippen molar-refractivity contribution in [3.05, 3.63) is 28.8 Å². The number of benzene rings is 1. The largest absolute Gasteiger partial charge is 0.465 e. The van der Waals surface area contributed by atoms with Crippen molar-refractivity contribution in [1.29, 1.82) is 0 Å². The molecule has 1 aliphatic rings. The number of carbonyl (C=O) groups is 1. The summed E-state index contributed by atoms with van der Waals surface area (Å²) >= 11 is 6.91. The van der Waals surface area contributed by atoms with Crippen molar-refractivity contribution < 1.29 is 31.1 Å². The quantitative estimate of drug-likeness (QED) is 0.705. The summed E-state index contributed by atoms with van der Waals surface area (Å²) in [5.74, 6) is -0.115. The zero-order valence-electron chi connectivity index (χ0n) is 13.0. The Morgan fingerprint density at radius 1 is 1.44 bits per heavy atom. The molecule has 0 unspecified atom stereocenters. The number of thioether (sulfide) groups is 1. The molecule has 1 heterocycles. The Labute approximate surface area is 152 Å². The number of hydrogen-bond acceptors (Lipinski definition) is 5. The SMILES string of the molecule is CCOC(=O)[C@H]1CSCCN1S(=O)(=O)c1ccc(Cl)c(C(F)(F)F)c1. The first-order chi connectivity index (χ1) is 11.6. The second-order valence-corrected chi connectivity index (χ2v) is 8.55. The van der Waals surface area contributed by atoms with Gasteiger partial charge in [-0.1, -0.05) is 11.6 Å². The molecule has 0 aromatic heterocycles. The van der Waals surface area contributed by atoms with Crippen LogP contribution in [-0.4, -0.2) is 49.4 Å². The molecule has 2 rings (SSSR count). The summed E-state index contributed by atoms with van der Waals surface area (Å²) in [5, 5.41) is -0.595. The van der Waals surface area contributed by atoms with E-state index in [9.17, 15) is 26.4 Å². The summed E-state index contributed by atoms with van der Waals surface area (Å²) in [6, 6.07) is 1.29. The lowest BCUT2D eigenvalue weighted by atomic mass is 10.2. The standard InChI is InChI=1S/C14H15ClF3NO4S2/c1-2-23-13(20)12-8-24-6-5-19(12)25(21,22)9-3-4-11(15)10(7-9)14(16,17)18/h3-4,7,12H,2,5-6,8H2,1H3/t12-/m1/s1. The van der Waals surface area contributed by atoms with E-state index >= 15 is 0 Å². The van der Waals surface area contributed by atoms with Gasteiger partial charge in [0.2, 0.25) is 10.0 Å². The van der Waals surface area contributed by atoms with Crippen LogP contribution >= 0.6 is 23.4 Å². The van der Waals surface area contributed by atoms with Gasteiger partial charge < -0.3 is 4.74 Å². The average Bonchev–Trinajstić information content (AvgIpc) is 2.54. The zero-order chi connectivity index (χ0) is 18.8. The van der Waals surface area contributed by atoms with Crippen LogP contribution in [0, 0.1) is 0 Å². The number of esters is 1. The van der Waals surface area contributed by atoms with Gasteiger partial charge in [-0.2, -0.15) is 29.2 Å². The van der Waals surface area contributed by atoms with Gasteiger partial charge in [0.05, 0.1) is 22.1 Å². The summed E-state index contributed by atoms with van der Waals surface area (Å²) in [4.78, 5) is 11.5. The molecule has 0 aliphatic carbocycles. The molecule has 11 heteroatoms. The van der Waals surface area contributed by atoms with Crippen molar-refractivity contribution in [2.45, 2.75) is 24.0 Å². The van der Waals surface area contributed by atoms with Crippen LogP contribution in [-0.2, 0) is 25.7 Å². The third kappa shape index (κ3) is 4.42. The smallest absolute Gasteiger partial charge is 0.417 e. The summed E-state index contributed by atoms with van der Waals surface area (Å²) in [5.41, 5.74) is -1.24. The molecule has 1 fully saturated rings. The molecule has 1 aromatic carbocycles. The highest BCUT2D eigenvalue weighted by atomic mass is 35.5. The number of alkyl halides is 3. The van der Waals surface area contributed by atoms with E-state index < -0.39 is 43.7 Å². The van der Waals surface area contributed by atoms with Crippen LogP contribution in [0.2, 0.25) is 5.02 Å². The molecule has 0 bridgehead atoms. The molecular formula is C14H15ClF3NO4S2. The van der Waals surface area contributed by atoms with Gasteiger partial charge >= 0.3 is 12.1 Å². The second-order valence-electron chi connectivity index (χ2n) is 5.10. The second kappa shape index (κ2) is 7.73. The van der Waals surface area contributed by atoms with Gasteiger partial charge in [-0.05, 0) is 25.1 Å². The fraction of sp³-hybridized carbons (Fsp3) is 0.500. The molecule has 140 valence electrons. The van der Waals surface area contributed by atoms with Crippen molar-refractivity contribution in [3.8, 4) is 0 Å². The van der Waals surface area contributed by atoms with Crippen LogP contribution in [0.3, 0.4) is 0 Å². The highest BCUT2D eigenvalue weighted by molar-refractivity contribution is 7.99. The summed E-state index contributed by atoms with van der Waals surface area (Å²) in [6.45, 7) is 1.66. The number of rotatable bonds is 4. The Morgan fingerprint density at radius 3 is 2.72 bits per heavy atom. The molecule has 0 spiro atoms. The van der Waals surface area contributed by atoms with E-state index in [2.05, 4.69) is 0 Å². The maximum atomic E-state index is 13.0. The van der Waals surface area contributed by atoms with E-state index in [0.29, 0.717) is 11.8 Å². The monoisotopic (exact) mass is 417 g/mol. The molecule has 1 aliphatic heterocycles. The fourth-order valence-corrected chi connectivity index (χ4v) is 5.39. The number of ether oxygens (including phenoxy) is 1. The van der Waals surface area contributed by atoms with Gasteiger partial charge in [0, 0.05) is 18.1 Å². The van der Waals surface area contributed by atoms with Crippen LogP contribution in [0.5, 0.6) is 0 Å². The van der Waals surface area contributed by atoms with Crippen molar-refractivity contribution in [2.75, 3.05) is 24.7 Å². The molecule has 0 amide bonds. The molecule has 1 saturated heterocycles. The number of hydrogen-bond donors (Lipinski definition) is 0. The summed E-state index contributed by atoms with van der Waals surface area (Å²) < 4.78 is 70.3. The minimum Gasteiger partial charge on any atom is -0.465 e. The van der Waals surface area contributed by atoms with E-state index in [4.69, 9.17) is 16.3 Å². The number of sulfonamides is 1. The molecule has 1 aromatic rings. The topological polar surface area (TPSA) is 63.7 Å². The number of nitrogens with zero attached hydrogens (tertiary/aromatic N) is 1. The van der Waals surface area contributed by atoms with Crippen molar-refractivity contribution in [3.63, 3.8) is 0 Å². The summed E-state index contributed by atoms with van der Waals surface area (Å²) in [7, 11) is -4.31. The maximum Gasteiger partial charge on any atom is 0.417 e. The van der Waals surface area contributed by atoms with Crippen LogP contribution in [0.4, 0.5) is 13.2 Å². The van der Waals surface area contributed by atoms with E-state index in [1.807, 2.05) is 0 Å². The first-order valence-electron chi connectivity index (χ1n) is 7.22. The third-order valence-electron chi connectivity index (χ3n) is 3.49. The van der Waals surface area contributed by atoms with Gasteiger partial charge in [0.1, 0.15) is 6.04 Å². The lowest BCUT2D eigenvalue weighted by Crippen LogP contribution is -2.50. The van der Waals surface area contributed by atoms with Crippen molar-refractivity contribution >= 4 is 39.4 Å². The lowest BCUT2D eigenvalue weighted by Gasteiger charge is -2.32. The molecule has 0 saturated carbocycles. The molecule has 5 nitrogen and oxygen atoms in total. The lowest BCUT2D eigenvalue weighted by molar-refractivity contribution is -0.147. The fourth-order valence-electron chi connectivity index (χ4n) is 2.32. The summed E-state index contributed by atoms with van der Waals surface area (Å²) in [6.07, 6.45) is -4.79. The van der Waals surface area contributed by atoms with Crippen LogP contribution in [0.25, 0.3) is 0 Å². The van der Waals surface area contributed by atoms with Crippen molar-refractivity contribution in [2.24, 2.45) is 0 Å². The van der Waals surface area contributed by atoms with Crippen LogP contribution < -0.4 is 0 Å². The van der Waals surface area contributed by atoms with Gasteiger partial charge in [0.25, 0.3) is 0 Å². The zero-order valence-corrected chi connectivity index (χ0v) is 15.4. The number of halogens is 4. The van der Waals surface area contributed by atoms with Gasteiger partial charge in [-0.25, -0.2) is 8.42 Å². The molecule has 25 heavy (non-hydrogen) atoms. The van der Waals surface area contributed by atoms with Crippen LogP contribution in [0.15, 0.2) is 23.1 Å². The first-order valence-corrected chi connectivity index (χ1v) is 10.2. The maximum absolute atomic E-state index is 13.0. The van der Waals surface area contributed by atoms with Gasteiger partial charge in [-0.15, -0.1) is 0 Å². The Balaban J connectivity index is 2.44. The Bertz CT molecular complexity index is 755. The van der Waals surface area contributed by atoms with E-state index in [1.165, 1.54) is 11.8 Å². The van der Waals surface area contributed by atoms with Crippen molar-refractivity contribution in [1.82, 2.24) is 4.31 Å². The molecular weight excluding hydrogens is 403 g/mol. The normalized spacial score (nSPS) is 19.6.